The first-order chi connectivity index (χ1) is 11.7. The van der Waals surface area contributed by atoms with Gasteiger partial charge in [-0.25, -0.2) is 0 Å². The van der Waals surface area contributed by atoms with E-state index in [0.717, 1.165) is 42.9 Å². The van der Waals surface area contributed by atoms with Crippen molar-refractivity contribution in [2.45, 2.75) is 6.54 Å². The van der Waals surface area contributed by atoms with Crippen LogP contribution in [0.2, 0.25) is 0 Å². The molecule has 1 aliphatic heterocycles. The Hall–Kier alpha value is -1.88. The van der Waals surface area contributed by atoms with E-state index in [-0.39, 0.29) is 11.5 Å². The highest BCUT2D eigenvalue weighted by Crippen LogP contribution is 2.10. The fourth-order valence-electron chi connectivity index (χ4n) is 2.27. The van der Waals surface area contributed by atoms with Crippen LogP contribution in [0.1, 0.15) is 5.56 Å². The van der Waals surface area contributed by atoms with Crippen molar-refractivity contribution in [3.63, 3.8) is 0 Å². The molecule has 0 bridgehead atoms. The molecule has 24 heavy (non-hydrogen) atoms. The lowest BCUT2D eigenvalue weighted by Crippen LogP contribution is -2.41. The number of nitriles is 1. The summed E-state index contributed by atoms with van der Waals surface area (Å²) < 4.78 is 6.29. The van der Waals surface area contributed by atoms with Crippen LogP contribution in [-0.2, 0) is 16.1 Å². The van der Waals surface area contributed by atoms with Crippen LogP contribution in [0.15, 0.2) is 40.5 Å². The Morgan fingerprint density at radius 3 is 2.71 bits per heavy atom. The Morgan fingerprint density at radius 1 is 1.33 bits per heavy atom. The van der Waals surface area contributed by atoms with Gasteiger partial charge < -0.3 is 15.4 Å². The zero-order valence-corrected chi connectivity index (χ0v) is 15.0. The Morgan fingerprint density at radius 2 is 2.04 bits per heavy atom. The average Bonchev–Trinajstić information content (AvgIpc) is 2.61. The molecule has 0 atom stereocenters. The highest BCUT2D eigenvalue weighted by atomic mass is 79.9. The molecule has 1 fully saturated rings. The van der Waals surface area contributed by atoms with E-state index >= 15 is 0 Å². The summed E-state index contributed by atoms with van der Waals surface area (Å²) in [5.41, 5.74) is 1.15. The minimum atomic E-state index is -0.353. The average molecular weight is 393 g/mol. The van der Waals surface area contributed by atoms with Gasteiger partial charge in [-0.2, -0.15) is 5.26 Å². The number of amides is 1. The molecule has 0 spiro atoms. The zero-order chi connectivity index (χ0) is 17.2. The van der Waals surface area contributed by atoms with E-state index in [0.29, 0.717) is 13.1 Å². The molecule has 1 aromatic carbocycles. The SMILES string of the molecule is N#C/C(=C/NCc1ccc(Br)cc1)C(=O)NCCN1CCOCC1. The molecule has 0 unspecified atom stereocenters. The van der Waals surface area contributed by atoms with Gasteiger partial charge in [-0.1, -0.05) is 28.1 Å². The summed E-state index contributed by atoms with van der Waals surface area (Å²) in [6.45, 7) is 5.07. The Balaban J connectivity index is 1.73. The molecule has 7 heteroatoms. The standard InChI is InChI=1S/C17H21BrN4O2/c18-16-3-1-14(2-4-16)12-20-13-15(11-19)17(23)21-5-6-22-7-9-24-10-8-22/h1-4,13,20H,5-10,12H2,(H,21,23)/b15-13-. The summed E-state index contributed by atoms with van der Waals surface area (Å²) in [6, 6.07) is 9.77. The van der Waals surface area contributed by atoms with Crippen molar-refractivity contribution < 1.29 is 9.53 Å². The number of benzene rings is 1. The molecule has 0 aromatic heterocycles. The summed E-state index contributed by atoms with van der Waals surface area (Å²) in [5, 5.41) is 14.9. The number of carbonyl (C=O) groups excluding carboxylic acids is 1. The van der Waals surface area contributed by atoms with E-state index in [4.69, 9.17) is 10.00 Å². The van der Waals surface area contributed by atoms with Gasteiger partial charge in [-0.3, -0.25) is 9.69 Å². The molecule has 2 rings (SSSR count). The third-order valence-electron chi connectivity index (χ3n) is 3.65. The van der Waals surface area contributed by atoms with Crippen LogP contribution in [0.5, 0.6) is 0 Å². The second-order valence-electron chi connectivity index (χ2n) is 5.39. The highest BCUT2D eigenvalue weighted by molar-refractivity contribution is 9.10. The van der Waals surface area contributed by atoms with Gasteiger partial charge in [0.15, 0.2) is 0 Å². The molecular formula is C17H21BrN4O2. The number of ether oxygens (including phenoxy) is 1. The Labute approximate surface area is 150 Å². The van der Waals surface area contributed by atoms with Gasteiger partial charge >= 0.3 is 0 Å². The number of hydrogen-bond donors (Lipinski definition) is 2. The smallest absolute Gasteiger partial charge is 0.263 e. The maximum absolute atomic E-state index is 12.0. The number of nitrogens with one attached hydrogen (secondary N) is 2. The molecule has 128 valence electrons. The third-order valence-corrected chi connectivity index (χ3v) is 4.18. The number of nitrogens with zero attached hydrogens (tertiary/aromatic N) is 2. The molecule has 1 aliphatic rings. The summed E-state index contributed by atoms with van der Waals surface area (Å²) >= 11 is 3.38. The Bertz CT molecular complexity index is 604. The zero-order valence-electron chi connectivity index (χ0n) is 13.4. The fourth-order valence-corrected chi connectivity index (χ4v) is 2.53. The van der Waals surface area contributed by atoms with E-state index in [2.05, 4.69) is 31.5 Å². The van der Waals surface area contributed by atoms with Crippen LogP contribution in [0, 0.1) is 11.3 Å². The van der Waals surface area contributed by atoms with Gasteiger partial charge in [0.05, 0.1) is 13.2 Å². The van der Waals surface area contributed by atoms with Crippen molar-refractivity contribution in [3.05, 3.63) is 46.1 Å². The molecule has 1 heterocycles. The summed E-state index contributed by atoms with van der Waals surface area (Å²) in [4.78, 5) is 14.2. The lowest BCUT2D eigenvalue weighted by atomic mass is 10.2. The number of halogens is 1. The second-order valence-corrected chi connectivity index (χ2v) is 6.30. The fraction of sp³-hybridized carbons (Fsp3) is 0.412. The predicted molar refractivity (Wildman–Crippen MR) is 94.9 cm³/mol. The molecule has 1 amide bonds. The molecule has 6 nitrogen and oxygen atoms in total. The molecule has 1 saturated heterocycles. The minimum Gasteiger partial charge on any atom is -0.386 e. The first-order valence-corrected chi connectivity index (χ1v) is 8.65. The number of morpholine rings is 1. The van der Waals surface area contributed by atoms with E-state index in [1.165, 1.54) is 6.20 Å². The van der Waals surface area contributed by atoms with Gasteiger partial charge in [0.2, 0.25) is 0 Å². The van der Waals surface area contributed by atoms with Crippen molar-refractivity contribution in [3.8, 4) is 6.07 Å². The van der Waals surface area contributed by atoms with Crippen LogP contribution < -0.4 is 10.6 Å². The van der Waals surface area contributed by atoms with Gasteiger partial charge in [0.1, 0.15) is 11.6 Å². The molecule has 2 N–H and O–H groups in total. The number of hydrogen-bond acceptors (Lipinski definition) is 5. The van der Waals surface area contributed by atoms with Crippen LogP contribution in [0.25, 0.3) is 0 Å². The van der Waals surface area contributed by atoms with Gasteiger partial charge in [0.25, 0.3) is 5.91 Å². The van der Waals surface area contributed by atoms with Crippen LogP contribution >= 0.6 is 15.9 Å². The first kappa shape index (κ1) is 18.5. The third kappa shape index (κ3) is 6.32. The highest BCUT2D eigenvalue weighted by Gasteiger charge is 2.12. The summed E-state index contributed by atoms with van der Waals surface area (Å²) in [6.07, 6.45) is 1.46. The molecule has 0 saturated carbocycles. The van der Waals surface area contributed by atoms with Gasteiger partial charge in [-0.15, -0.1) is 0 Å². The molecule has 0 aliphatic carbocycles. The van der Waals surface area contributed by atoms with Crippen LogP contribution in [0.4, 0.5) is 0 Å². The van der Waals surface area contributed by atoms with E-state index in [1.807, 2.05) is 30.3 Å². The topological polar surface area (TPSA) is 77.4 Å². The normalized spacial score (nSPS) is 15.6. The van der Waals surface area contributed by atoms with Crippen molar-refractivity contribution in [2.24, 2.45) is 0 Å². The van der Waals surface area contributed by atoms with Crippen LogP contribution in [0.3, 0.4) is 0 Å². The van der Waals surface area contributed by atoms with Gasteiger partial charge in [0, 0.05) is 43.4 Å². The molecule has 1 aromatic rings. The molecular weight excluding hydrogens is 372 g/mol. The minimum absolute atomic E-state index is 0.0779. The molecule has 0 radical (unpaired) electrons. The maximum atomic E-state index is 12.0. The van der Waals surface area contributed by atoms with Crippen molar-refractivity contribution in [1.82, 2.24) is 15.5 Å². The summed E-state index contributed by atoms with van der Waals surface area (Å²) in [5.74, 6) is -0.353. The van der Waals surface area contributed by atoms with Crippen LogP contribution in [-0.4, -0.2) is 50.2 Å². The number of rotatable bonds is 7. The lowest BCUT2D eigenvalue weighted by Gasteiger charge is -2.26. The van der Waals surface area contributed by atoms with E-state index in [1.54, 1.807) is 0 Å². The predicted octanol–water partition coefficient (Wildman–Crippen LogP) is 1.39. The Kier molecular flexibility index (Phi) is 7.75. The monoisotopic (exact) mass is 392 g/mol. The van der Waals surface area contributed by atoms with E-state index < -0.39 is 0 Å². The first-order valence-electron chi connectivity index (χ1n) is 7.85. The van der Waals surface area contributed by atoms with Crippen molar-refractivity contribution in [2.75, 3.05) is 39.4 Å². The largest absolute Gasteiger partial charge is 0.386 e. The lowest BCUT2D eigenvalue weighted by molar-refractivity contribution is -0.117. The maximum Gasteiger partial charge on any atom is 0.263 e. The van der Waals surface area contributed by atoms with Gasteiger partial charge in [-0.05, 0) is 17.7 Å². The second kappa shape index (κ2) is 10.1. The van der Waals surface area contributed by atoms with E-state index in [9.17, 15) is 4.79 Å². The number of carbonyl (C=O) groups is 1. The summed E-state index contributed by atoms with van der Waals surface area (Å²) in [7, 11) is 0. The van der Waals surface area contributed by atoms with Crippen molar-refractivity contribution in [1.29, 1.82) is 5.26 Å². The van der Waals surface area contributed by atoms with Crippen molar-refractivity contribution >= 4 is 21.8 Å². The quantitative estimate of drug-likeness (QED) is 0.541.